The maximum absolute atomic E-state index is 12.9. The molecule has 6 nitrogen and oxygen atoms in total. The molecule has 0 saturated heterocycles. The Labute approximate surface area is 169 Å². The van der Waals surface area contributed by atoms with E-state index >= 15 is 0 Å². The van der Waals surface area contributed by atoms with Gasteiger partial charge in [0.05, 0.1) is 6.61 Å². The molecule has 0 bridgehead atoms. The lowest BCUT2D eigenvalue weighted by Crippen LogP contribution is -2.41. The van der Waals surface area contributed by atoms with E-state index in [0.29, 0.717) is 6.61 Å². The van der Waals surface area contributed by atoms with Crippen LogP contribution < -0.4 is 9.64 Å². The van der Waals surface area contributed by atoms with Crippen LogP contribution in [0, 0.1) is 0 Å². The van der Waals surface area contributed by atoms with Gasteiger partial charge < -0.3 is 9.64 Å². The van der Waals surface area contributed by atoms with Crippen LogP contribution in [0.25, 0.3) is 0 Å². The molecule has 0 radical (unpaired) electrons. The van der Waals surface area contributed by atoms with Gasteiger partial charge in [-0.2, -0.15) is 4.31 Å². The highest BCUT2D eigenvalue weighted by molar-refractivity contribution is 7.89. The number of sulfonamides is 1. The average Bonchev–Trinajstić information content (AvgIpc) is 2.65. The SMILES string of the molecule is CC(C)N(C(C)C)S(=O)(=O)c1ccc(N(C)CCCOc2ccccc2)nc1. The van der Waals surface area contributed by atoms with Crippen molar-refractivity contribution in [2.45, 2.75) is 51.1 Å². The van der Waals surface area contributed by atoms with Gasteiger partial charge in [-0.15, -0.1) is 0 Å². The van der Waals surface area contributed by atoms with Gasteiger partial charge in [-0.25, -0.2) is 13.4 Å². The fourth-order valence-corrected chi connectivity index (χ4v) is 4.93. The third kappa shape index (κ3) is 5.69. The Morgan fingerprint density at radius 1 is 1.00 bits per heavy atom. The highest BCUT2D eigenvalue weighted by Crippen LogP contribution is 2.22. The molecular formula is C21H31N3O3S. The van der Waals surface area contributed by atoms with E-state index in [1.807, 2.05) is 70.0 Å². The van der Waals surface area contributed by atoms with Gasteiger partial charge in [-0.05, 0) is 58.4 Å². The molecule has 1 aromatic heterocycles. The third-order valence-electron chi connectivity index (χ3n) is 4.35. The minimum Gasteiger partial charge on any atom is -0.494 e. The molecule has 0 fully saturated rings. The van der Waals surface area contributed by atoms with Crippen LogP contribution in [-0.2, 0) is 10.0 Å². The molecule has 154 valence electrons. The predicted octanol–water partition coefficient (Wildman–Crippen LogP) is 3.79. The van der Waals surface area contributed by atoms with Crippen LogP contribution in [0.4, 0.5) is 5.82 Å². The van der Waals surface area contributed by atoms with Crippen molar-refractivity contribution in [2.24, 2.45) is 0 Å². The van der Waals surface area contributed by atoms with E-state index in [0.717, 1.165) is 24.5 Å². The molecule has 0 aliphatic carbocycles. The van der Waals surface area contributed by atoms with Gasteiger partial charge in [-0.1, -0.05) is 18.2 Å². The van der Waals surface area contributed by atoms with Crippen LogP contribution in [0.1, 0.15) is 34.1 Å². The van der Waals surface area contributed by atoms with Crippen LogP contribution >= 0.6 is 0 Å². The number of para-hydroxylation sites is 1. The summed E-state index contributed by atoms with van der Waals surface area (Å²) in [5.74, 6) is 1.59. The molecule has 1 aromatic carbocycles. The number of hydrogen-bond acceptors (Lipinski definition) is 5. The first kappa shape index (κ1) is 22.2. The molecule has 0 saturated carbocycles. The van der Waals surface area contributed by atoms with Crippen molar-refractivity contribution in [3.05, 3.63) is 48.7 Å². The molecule has 0 amide bonds. The molecule has 2 rings (SSSR count). The Kier molecular flexibility index (Phi) is 7.83. The second-order valence-corrected chi connectivity index (χ2v) is 9.15. The lowest BCUT2D eigenvalue weighted by Gasteiger charge is -2.29. The van der Waals surface area contributed by atoms with Crippen LogP contribution in [0.2, 0.25) is 0 Å². The number of nitrogens with zero attached hydrogens (tertiary/aromatic N) is 3. The van der Waals surface area contributed by atoms with E-state index in [-0.39, 0.29) is 17.0 Å². The van der Waals surface area contributed by atoms with Gasteiger partial charge in [0.25, 0.3) is 0 Å². The van der Waals surface area contributed by atoms with Gasteiger partial charge in [-0.3, -0.25) is 0 Å². The zero-order valence-electron chi connectivity index (χ0n) is 17.4. The van der Waals surface area contributed by atoms with E-state index in [2.05, 4.69) is 4.98 Å². The first-order valence-corrected chi connectivity index (χ1v) is 11.1. The summed E-state index contributed by atoms with van der Waals surface area (Å²) in [6.45, 7) is 8.89. The number of benzene rings is 1. The summed E-state index contributed by atoms with van der Waals surface area (Å²) in [4.78, 5) is 6.58. The van der Waals surface area contributed by atoms with E-state index in [1.54, 1.807) is 12.1 Å². The summed E-state index contributed by atoms with van der Waals surface area (Å²) in [5.41, 5.74) is 0. The molecule has 0 N–H and O–H groups in total. The standard InChI is InChI=1S/C21H31N3O3S/c1-17(2)24(18(3)4)28(25,26)20-12-13-21(22-16-20)23(5)14-9-15-27-19-10-7-6-8-11-19/h6-8,10-13,16-18H,9,14-15H2,1-5H3. The fraction of sp³-hybridized carbons (Fsp3) is 0.476. The smallest absolute Gasteiger partial charge is 0.245 e. The maximum Gasteiger partial charge on any atom is 0.245 e. The highest BCUT2D eigenvalue weighted by atomic mass is 32.2. The summed E-state index contributed by atoms with van der Waals surface area (Å²) < 4.78 is 33.0. The molecule has 2 aromatic rings. The lowest BCUT2D eigenvalue weighted by atomic mass is 10.3. The number of ether oxygens (including phenoxy) is 1. The summed E-state index contributed by atoms with van der Waals surface area (Å²) in [7, 11) is -1.62. The van der Waals surface area contributed by atoms with Crippen LogP contribution in [-0.4, -0.2) is 50.0 Å². The monoisotopic (exact) mass is 405 g/mol. The molecule has 1 heterocycles. The normalized spacial score (nSPS) is 12.0. The second kappa shape index (κ2) is 9.89. The van der Waals surface area contributed by atoms with Gasteiger partial charge in [0.1, 0.15) is 16.5 Å². The van der Waals surface area contributed by atoms with E-state index in [4.69, 9.17) is 4.74 Å². The zero-order chi connectivity index (χ0) is 20.7. The van der Waals surface area contributed by atoms with E-state index in [9.17, 15) is 8.42 Å². The predicted molar refractivity (Wildman–Crippen MR) is 113 cm³/mol. The number of anilines is 1. The molecule has 7 heteroatoms. The quantitative estimate of drug-likeness (QED) is 0.563. The topological polar surface area (TPSA) is 62.7 Å². The number of hydrogen-bond donors (Lipinski definition) is 0. The third-order valence-corrected chi connectivity index (χ3v) is 6.59. The van der Waals surface area contributed by atoms with Crippen LogP contribution in [0.15, 0.2) is 53.6 Å². The Morgan fingerprint density at radius 3 is 2.18 bits per heavy atom. The van der Waals surface area contributed by atoms with Crippen LogP contribution in [0.5, 0.6) is 5.75 Å². The number of aromatic nitrogens is 1. The van der Waals surface area contributed by atoms with E-state index < -0.39 is 10.0 Å². The maximum atomic E-state index is 12.9. The van der Waals surface area contributed by atoms with E-state index in [1.165, 1.54) is 10.5 Å². The van der Waals surface area contributed by atoms with Gasteiger partial charge in [0.15, 0.2) is 0 Å². The molecule has 0 aliphatic rings. The molecule has 28 heavy (non-hydrogen) atoms. The first-order chi connectivity index (χ1) is 13.2. The number of rotatable bonds is 10. The zero-order valence-corrected chi connectivity index (χ0v) is 18.2. The Morgan fingerprint density at radius 2 is 1.64 bits per heavy atom. The second-order valence-electron chi connectivity index (χ2n) is 7.31. The van der Waals surface area contributed by atoms with Crippen molar-refractivity contribution < 1.29 is 13.2 Å². The fourth-order valence-electron chi connectivity index (χ4n) is 3.15. The lowest BCUT2D eigenvalue weighted by molar-refractivity contribution is 0.302. The molecular weight excluding hydrogens is 374 g/mol. The summed E-state index contributed by atoms with van der Waals surface area (Å²) >= 11 is 0. The number of pyridine rings is 1. The van der Waals surface area contributed by atoms with Gasteiger partial charge in [0.2, 0.25) is 10.0 Å². The van der Waals surface area contributed by atoms with Crippen molar-refractivity contribution in [3.63, 3.8) is 0 Å². The van der Waals surface area contributed by atoms with Gasteiger partial charge in [0, 0.05) is 31.9 Å². The highest BCUT2D eigenvalue weighted by Gasteiger charge is 2.29. The minimum absolute atomic E-state index is 0.114. The molecule has 0 unspecified atom stereocenters. The van der Waals surface area contributed by atoms with Crippen molar-refractivity contribution in [1.29, 1.82) is 0 Å². The first-order valence-electron chi connectivity index (χ1n) is 9.62. The van der Waals surface area contributed by atoms with Crippen LogP contribution in [0.3, 0.4) is 0 Å². The van der Waals surface area contributed by atoms with Crippen molar-refractivity contribution in [3.8, 4) is 5.75 Å². The largest absolute Gasteiger partial charge is 0.494 e. The molecule has 0 spiro atoms. The minimum atomic E-state index is -3.56. The molecule has 0 atom stereocenters. The average molecular weight is 406 g/mol. The summed E-state index contributed by atoms with van der Waals surface area (Å²) in [5, 5.41) is 0. The molecule has 0 aliphatic heterocycles. The Bertz CT molecular complexity index is 814. The van der Waals surface area contributed by atoms with Gasteiger partial charge >= 0.3 is 0 Å². The van der Waals surface area contributed by atoms with Crippen molar-refractivity contribution in [2.75, 3.05) is 25.1 Å². The van der Waals surface area contributed by atoms with Crippen molar-refractivity contribution >= 4 is 15.8 Å². The summed E-state index contributed by atoms with van der Waals surface area (Å²) in [6, 6.07) is 12.9. The summed E-state index contributed by atoms with van der Waals surface area (Å²) in [6.07, 6.45) is 2.28. The van der Waals surface area contributed by atoms with Crippen molar-refractivity contribution in [1.82, 2.24) is 9.29 Å². The Balaban J connectivity index is 1.95. The Hall–Kier alpha value is -2.12.